The quantitative estimate of drug-likeness (QED) is 0.775. The summed E-state index contributed by atoms with van der Waals surface area (Å²) in [6.45, 7) is 1.35. The molecule has 0 bridgehead atoms. The van der Waals surface area contributed by atoms with Crippen molar-refractivity contribution < 1.29 is 0 Å². The van der Waals surface area contributed by atoms with E-state index in [1.54, 1.807) is 6.20 Å². The number of aromatic nitrogens is 3. The molecule has 0 fully saturated rings. The smallest absolute Gasteiger partial charge is 0.128 e. The maximum absolute atomic E-state index is 5.61. The van der Waals surface area contributed by atoms with Crippen LogP contribution in [-0.4, -0.2) is 14.1 Å². The fraction of sp³-hybridized carbons (Fsp3) is 0.300. The minimum atomic E-state index is 0.567. The zero-order chi connectivity index (χ0) is 9.97. The predicted octanol–water partition coefficient (Wildman–Crippen LogP) is 0.729. The Labute approximate surface area is 83.0 Å². The van der Waals surface area contributed by atoms with E-state index in [-0.39, 0.29) is 0 Å². The zero-order valence-electron chi connectivity index (χ0n) is 8.22. The SMILES string of the molecule is Cn1ccnc1Cn1cccc1CN. The third-order valence-corrected chi connectivity index (χ3v) is 2.37. The fourth-order valence-corrected chi connectivity index (χ4v) is 1.49. The average molecular weight is 190 g/mol. The van der Waals surface area contributed by atoms with Crippen molar-refractivity contribution in [2.75, 3.05) is 0 Å². The number of aryl methyl sites for hydroxylation is 1. The van der Waals surface area contributed by atoms with E-state index in [9.17, 15) is 0 Å². The topological polar surface area (TPSA) is 48.8 Å². The Morgan fingerprint density at radius 2 is 2.29 bits per heavy atom. The van der Waals surface area contributed by atoms with Gasteiger partial charge in [-0.15, -0.1) is 0 Å². The second kappa shape index (κ2) is 3.67. The largest absolute Gasteiger partial charge is 0.343 e. The number of hydrogen-bond acceptors (Lipinski definition) is 2. The normalized spacial score (nSPS) is 10.7. The van der Waals surface area contributed by atoms with Crippen molar-refractivity contribution >= 4 is 0 Å². The molecule has 2 N–H and O–H groups in total. The van der Waals surface area contributed by atoms with Gasteiger partial charge in [-0.3, -0.25) is 0 Å². The van der Waals surface area contributed by atoms with E-state index in [1.807, 2.05) is 36.1 Å². The lowest BCUT2D eigenvalue weighted by Crippen LogP contribution is -2.10. The van der Waals surface area contributed by atoms with Gasteiger partial charge in [0.2, 0.25) is 0 Å². The van der Waals surface area contributed by atoms with E-state index in [2.05, 4.69) is 9.55 Å². The van der Waals surface area contributed by atoms with Gasteiger partial charge in [-0.2, -0.15) is 0 Å². The van der Waals surface area contributed by atoms with Crippen molar-refractivity contribution in [2.45, 2.75) is 13.1 Å². The van der Waals surface area contributed by atoms with Gasteiger partial charge in [0.25, 0.3) is 0 Å². The highest BCUT2D eigenvalue weighted by Crippen LogP contribution is 2.05. The Hall–Kier alpha value is -1.55. The number of imidazole rings is 1. The molecule has 2 aromatic rings. The summed E-state index contributed by atoms with van der Waals surface area (Å²) in [5.74, 6) is 1.04. The minimum Gasteiger partial charge on any atom is -0.343 e. The summed E-state index contributed by atoms with van der Waals surface area (Å²) in [5, 5.41) is 0. The molecular weight excluding hydrogens is 176 g/mol. The van der Waals surface area contributed by atoms with Gasteiger partial charge in [-0.25, -0.2) is 4.98 Å². The van der Waals surface area contributed by atoms with E-state index in [0.717, 1.165) is 18.1 Å². The van der Waals surface area contributed by atoms with Crippen LogP contribution in [0.4, 0.5) is 0 Å². The average Bonchev–Trinajstić information content (AvgIpc) is 2.77. The monoisotopic (exact) mass is 190 g/mol. The summed E-state index contributed by atoms with van der Waals surface area (Å²) in [5.41, 5.74) is 6.75. The van der Waals surface area contributed by atoms with Gasteiger partial charge in [0.15, 0.2) is 0 Å². The molecule has 0 amide bonds. The van der Waals surface area contributed by atoms with Crippen LogP contribution in [0.1, 0.15) is 11.5 Å². The van der Waals surface area contributed by atoms with Crippen LogP contribution in [0.25, 0.3) is 0 Å². The first-order valence-electron chi connectivity index (χ1n) is 4.61. The Morgan fingerprint density at radius 3 is 2.93 bits per heavy atom. The van der Waals surface area contributed by atoms with E-state index in [4.69, 9.17) is 5.73 Å². The predicted molar refractivity (Wildman–Crippen MR) is 54.6 cm³/mol. The molecule has 0 spiro atoms. The third kappa shape index (κ3) is 1.56. The van der Waals surface area contributed by atoms with Crippen molar-refractivity contribution in [1.82, 2.24) is 14.1 Å². The van der Waals surface area contributed by atoms with Crippen molar-refractivity contribution in [2.24, 2.45) is 12.8 Å². The lowest BCUT2D eigenvalue weighted by molar-refractivity contribution is 0.674. The molecule has 0 saturated heterocycles. The second-order valence-electron chi connectivity index (χ2n) is 3.29. The molecule has 0 saturated carbocycles. The molecule has 4 nitrogen and oxygen atoms in total. The van der Waals surface area contributed by atoms with Crippen molar-refractivity contribution in [3.8, 4) is 0 Å². The Kier molecular flexibility index (Phi) is 2.37. The lowest BCUT2D eigenvalue weighted by Gasteiger charge is -2.07. The van der Waals surface area contributed by atoms with Crippen LogP contribution in [-0.2, 0) is 20.1 Å². The number of nitrogens with two attached hydrogens (primary N) is 1. The molecule has 0 unspecified atom stereocenters. The van der Waals surface area contributed by atoms with Crippen LogP contribution in [0.15, 0.2) is 30.7 Å². The summed E-state index contributed by atoms with van der Waals surface area (Å²) in [7, 11) is 1.99. The summed E-state index contributed by atoms with van der Waals surface area (Å²) in [4.78, 5) is 4.27. The summed E-state index contributed by atoms with van der Waals surface area (Å²) >= 11 is 0. The molecule has 0 atom stereocenters. The van der Waals surface area contributed by atoms with E-state index in [1.165, 1.54) is 0 Å². The highest BCUT2D eigenvalue weighted by atomic mass is 15.1. The molecule has 2 rings (SSSR count). The van der Waals surface area contributed by atoms with Gasteiger partial charge in [0.05, 0.1) is 6.54 Å². The standard InChI is InChI=1S/C10H14N4/c1-13-6-4-12-10(13)8-14-5-2-3-9(14)7-11/h2-6H,7-8,11H2,1H3. The summed E-state index contributed by atoms with van der Waals surface area (Å²) in [6.07, 6.45) is 5.78. The van der Waals surface area contributed by atoms with E-state index in [0.29, 0.717) is 6.54 Å². The van der Waals surface area contributed by atoms with Gasteiger partial charge in [-0.1, -0.05) is 0 Å². The van der Waals surface area contributed by atoms with Gasteiger partial charge in [-0.05, 0) is 12.1 Å². The molecule has 4 heteroatoms. The number of nitrogens with zero attached hydrogens (tertiary/aromatic N) is 3. The van der Waals surface area contributed by atoms with Crippen LogP contribution < -0.4 is 5.73 Å². The van der Waals surface area contributed by atoms with Gasteiger partial charge in [0.1, 0.15) is 5.82 Å². The highest BCUT2D eigenvalue weighted by molar-refractivity contribution is 5.08. The highest BCUT2D eigenvalue weighted by Gasteiger charge is 2.02. The van der Waals surface area contributed by atoms with Crippen LogP contribution in [0.3, 0.4) is 0 Å². The molecule has 0 aliphatic heterocycles. The summed E-state index contributed by atoms with van der Waals surface area (Å²) in [6, 6.07) is 4.04. The molecule has 0 aromatic carbocycles. The van der Waals surface area contributed by atoms with Crippen LogP contribution in [0.5, 0.6) is 0 Å². The molecule has 0 aliphatic rings. The van der Waals surface area contributed by atoms with Crippen LogP contribution in [0, 0.1) is 0 Å². The minimum absolute atomic E-state index is 0.567. The number of hydrogen-bond donors (Lipinski definition) is 1. The molecule has 2 heterocycles. The van der Waals surface area contributed by atoms with E-state index >= 15 is 0 Å². The van der Waals surface area contributed by atoms with Crippen LogP contribution in [0.2, 0.25) is 0 Å². The Bertz CT molecular complexity index is 413. The maximum Gasteiger partial charge on any atom is 0.128 e. The molecule has 74 valence electrons. The second-order valence-corrected chi connectivity index (χ2v) is 3.29. The molecule has 0 aliphatic carbocycles. The van der Waals surface area contributed by atoms with Crippen molar-refractivity contribution in [1.29, 1.82) is 0 Å². The van der Waals surface area contributed by atoms with Crippen molar-refractivity contribution in [3.63, 3.8) is 0 Å². The van der Waals surface area contributed by atoms with Gasteiger partial charge >= 0.3 is 0 Å². The third-order valence-electron chi connectivity index (χ3n) is 2.37. The van der Waals surface area contributed by atoms with Gasteiger partial charge in [0, 0.05) is 37.9 Å². The summed E-state index contributed by atoms with van der Waals surface area (Å²) < 4.78 is 4.13. The molecular formula is C10H14N4. The van der Waals surface area contributed by atoms with Gasteiger partial charge < -0.3 is 14.9 Å². The zero-order valence-corrected chi connectivity index (χ0v) is 8.22. The lowest BCUT2D eigenvalue weighted by atomic mass is 10.4. The Balaban J connectivity index is 2.22. The first kappa shape index (κ1) is 9.02. The first-order valence-corrected chi connectivity index (χ1v) is 4.61. The number of rotatable bonds is 3. The molecule has 0 radical (unpaired) electrons. The van der Waals surface area contributed by atoms with Crippen molar-refractivity contribution in [3.05, 3.63) is 42.2 Å². The van der Waals surface area contributed by atoms with Crippen LogP contribution >= 0.6 is 0 Å². The maximum atomic E-state index is 5.61. The molecule has 14 heavy (non-hydrogen) atoms. The first-order chi connectivity index (χ1) is 6.81. The fourth-order valence-electron chi connectivity index (χ4n) is 1.49. The van der Waals surface area contributed by atoms with E-state index < -0.39 is 0 Å². The molecule has 2 aromatic heterocycles. The Morgan fingerprint density at radius 1 is 1.43 bits per heavy atom.